The predicted molar refractivity (Wildman–Crippen MR) is 81.5 cm³/mol. The lowest BCUT2D eigenvalue weighted by molar-refractivity contribution is 0.0871. The van der Waals surface area contributed by atoms with Gasteiger partial charge >= 0.3 is 0 Å². The van der Waals surface area contributed by atoms with Gasteiger partial charge in [0.25, 0.3) is 5.91 Å². The molecule has 0 radical (unpaired) electrons. The van der Waals surface area contributed by atoms with Crippen molar-refractivity contribution in [1.82, 2.24) is 15.1 Å². The molecule has 1 aromatic carbocycles. The van der Waals surface area contributed by atoms with E-state index in [-0.39, 0.29) is 18.4 Å². The number of carbonyl (C=O) groups is 1. The molecule has 0 aliphatic carbocycles. The van der Waals surface area contributed by atoms with E-state index in [2.05, 4.69) is 10.4 Å². The molecular formula is C16H21N3O2. The van der Waals surface area contributed by atoms with Crippen LogP contribution in [0.1, 0.15) is 29.8 Å². The van der Waals surface area contributed by atoms with Crippen LogP contribution in [0.15, 0.2) is 36.7 Å². The normalized spacial score (nSPS) is 12.4. The highest BCUT2D eigenvalue weighted by atomic mass is 16.3. The number of carbonyl (C=O) groups excluding carboxylic acids is 1. The van der Waals surface area contributed by atoms with Gasteiger partial charge in [-0.15, -0.1) is 0 Å². The number of nitrogens with zero attached hydrogens (tertiary/aromatic N) is 2. The number of aliphatic hydroxyl groups excluding tert-OH is 1. The van der Waals surface area contributed by atoms with Gasteiger partial charge in [-0.25, -0.2) is 4.68 Å². The summed E-state index contributed by atoms with van der Waals surface area (Å²) in [7, 11) is 0. The molecule has 0 spiro atoms. The Hall–Kier alpha value is -2.14. The van der Waals surface area contributed by atoms with Crippen molar-refractivity contribution in [3.63, 3.8) is 0 Å². The average Bonchev–Trinajstić information content (AvgIpc) is 2.94. The van der Waals surface area contributed by atoms with Crippen molar-refractivity contribution in [3.8, 4) is 5.69 Å². The summed E-state index contributed by atoms with van der Waals surface area (Å²) in [6, 6.07) is 7.84. The number of aryl methyl sites for hydroxylation is 1. The molecule has 0 aliphatic heterocycles. The molecule has 5 heteroatoms. The fourth-order valence-electron chi connectivity index (χ4n) is 1.93. The average molecular weight is 287 g/mol. The van der Waals surface area contributed by atoms with Crippen LogP contribution in [0.3, 0.4) is 0 Å². The summed E-state index contributed by atoms with van der Waals surface area (Å²) in [6.07, 6.45) is 2.68. The van der Waals surface area contributed by atoms with Crippen molar-refractivity contribution in [2.24, 2.45) is 5.92 Å². The molecule has 112 valence electrons. The smallest absolute Gasteiger partial charge is 0.254 e. The summed E-state index contributed by atoms with van der Waals surface area (Å²) in [6.45, 7) is 6.06. The van der Waals surface area contributed by atoms with Gasteiger partial charge in [-0.2, -0.15) is 5.10 Å². The maximum Gasteiger partial charge on any atom is 0.254 e. The highest BCUT2D eigenvalue weighted by Crippen LogP contribution is 2.13. The molecule has 0 saturated carbocycles. The Kier molecular flexibility index (Phi) is 4.75. The number of hydrogen-bond donors (Lipinski definition) is 2. The summed E-state index contributed by atoms with van der Waals surface area (Å²) in [5, 5.41) is 16.6. The second-order valence-corrected chi connectivity index (χ2v) is 5.48. The first kappa shape index (κ1) is 15.3. The molecule has 0 aliphatic rings. The van der Waals surface area contributed by atoms with Crippen molar-refractivity contribution >= 4 is 5.91 Å². The summed E-state index contributed by atoms with van der Waals surface area (Å²) in [5.74, 6) is -0.116. The molecule has 2 N–H and O–H groups in total. The minimum absolute atomic E-state index is 0.111. The van der Waals surface area contributed by atoms with E-state index in [0.717, 1.165) is 11.3 Å². The van der Waals surface area contributed by atoms with Crippen LogP contribution in [-0.2, 0) is 0 Å². The van der Waals surface area contributed by atoms with Crippen LogP contribution in [0.25, 0.3) is 5.69 Å². The number of hydrogen-bond acceptors (Lipinski definition) is 3. The number of rotatable bonds is 5. The molecule has 1 amide bonds. The van der Waals surface area contributed by atoms with E-state index in [1.807, 2.05) is 45.0 Å². The molecule has 1 aromatic heterocycles. The Balaban J connectivity index is 2.06. The third kappa shape index (κ3) is 3.70. The van der Waals surface area contributed by atoms with E-state index < -0.39 is 6.10 Å². The van der Waals surface area contributed by atoms with E-state index in [0.29, 0.717) is 5.56 Å². The topological polar surface area (TPSA) is 67.2 Å². The number of aliphatic hydroxyl groups is 1. The molecule has 5 nitrogen and oxygen atoms in total. The Labute approximate surface area is 124 Å². The molecule has 0 fully saturated rings. The molecule has 1 heterocycles. The number of aromatic nitrogens is 2. The molecule has 1 atom stereocenters. The standard InChI is InChI=1S/C16H21N3O2/c1-11(2)15(20)9-17-16(21)13-8-18-19(10-13)14-7-5-4-6-12(14)3/h4-8,10-11,15,20H,9H2,1-3H3,(H,17,21). The van der Waals surface area contributed by atoms with Crippen molar-refractivity contribution in [2.45, 2.75) is 26.9 Å². The fraction of sp³-hybridized carbons (Fsp3) is 0.375. The minimum atomic E-state index is -0.541. The molecule has 2 aromatic rings. The van der Waals surface area contributed by atoms with Crippen molar-refractivity contribution < 1.29 is 9.90 Å². The van der Waals surface area contributed by atoms with Gasteiger partial charge in [-0.1, -0.05) is 32.0 Å². The number of nitrogens with one attached hydrogen (secondary N) is 1. The van der Waals surface area contributed by atoms with Crippen molar-refractivity contribution in [1.29, 1.82) is 0 Å². The molecular weight excluding hydrogens is 266 g/mol. The molecule has 21 heavy (non-hydrogen) atoms. The van der Waals surface area contributed by atoms with Crippen LogP contribution < -0.4 is 5.32 Å². The van der Waals surface area contributed by atoms with Gasteiger partial charge in [-0.3, -0.25) is 4.79 Å². The zero-order valence-corrected chi connectivity index (χ0v) is 12.6. The van der Waals surface area contributed by atoms with Gasteiger partial charge in [0.15, 0.2) is 0 Å². The lowest BCUT2D eigenvalue weighted by Gasteiger charge is -2.14. The summed E-state index contributed by atoms with van der Waals surface area (Å²) < 4.78 is 1.68. The maximum atomic E-state index is 12.0. The lowest BCUT2D eigenvalue weighted by atomic mass is 10.1. The van der Waals surface area contributed by atoms with E-state index in [9.17, 15) is 9.90 Å². The monoisotopic (exact) mass is 287 g/mol. The third-order valence-corrected chi connectivity index (χ3v) is 3.45. The largest absolute Gasteiger partial charge is 0.391 e. The second-order valence-electron chi connectivity index (χ2n) is 5.48. The van der Waals surface area contributed by atoms with E-state index in [1.165, 1.54) is 6.20 Å². The number of para-hydroxylation sites is 1. The molecule has 1 unspecified atom stereocenters. The zero-order chi connectivity index (χ0) is 15.4. The summed E-state index contributed by atoms with van der Waals surface area (Å²) in [4.78, 5) is 12.0. The Morgan fingerprint density at radius 2 is 2.10 bits per heavy atom. The third-order valence-electron chi connectivity index (χ3n) is 3.45. The van der Waals surface area contributed by atoms with Gasteiger partial charge in [0, 0.05) is 12.7 Å². The zero-order valence-electron chi connectivity index (χ0n) is 12.6. The van der Waals surface area contributed by atoms with Crippen LogP contribution in [0, 0.1) is 12.8 Å². The summed E-state index contributed by atoms with van der Waals surface area (Å²) in [5.41, 5.74) is 2.51. The number of amides is 1. The predicted octanol–water partition coefficient (Wildman–Crippen LogP) is 1.93. The lowest BCUT2D eigenvalue weighted by Crippen LogP contribution is -2.34. The fourth-order valence-corrected chi connectivity index (χ4v) is 1.93. The number of benzene rings is 1. The maximum absolute atomic E-state index is 12.0. The van der Waals surface area contributed by atoms with Crippen molar-refractivity contribution in [3.05, 3.63) is 47.8 Å². The quantitative estimate of drug-likeness (QED) is 0.883. The Morgan fingerprint density at radius 1 is 1.38 bits per heavy atom. The van der Waals surface area contributed by atoms with Crippen LogP contribution in [0.4, 0.5) is 0 Å². The SMILES string of the molecule is Cc1ccccc1-n1cc(C(=O)NCC(O)C(C)C)cn1. The van der Waals surface area contributed by atoms with E-state index >= 15 is 0 Å². The van der Waals surface area contributed by atoms with Gasteiger partial charge in [0.05, 0.1) is 23.6 Å². The molecule has 2 rings (SSSR count). The van der Waals surface area contributed by atoms with Gasteiger partial charge in [0.1, 0.15) is 0 Å². The van der Waals surface area contributed by atoms with Crippen LogP contribution in [0.5, 0.6) is 0 Å². The van der Waals surface area contributed by atoms with Crippen LogP contribution in [0.2, 0.25) is 0 Å². The van der Waals surface area contributed by atoms with Crippen molar-refractivity contribution in [2.75, 3.05) is 6.54 Å². The highest BCUT2D eigenvalue weighted by molar-refractivity contribution is 5.93. The first-order chi connectivity index (χ1) is 9.99. The molecule has 0 saturated heterocycles. The van der Waals surface area contributed by atoms with Gasteiger partial charge in [0.2, 0.25) is 0 Å². The van der Waals surface area contributed by atoms with Crippen LogP contribution in [-0.4, -0.2) is 33.4 Å². The minimum Gasteiger partial charge on any atom is -0.391 e. The second kappa shape index (κ2) is 6.54. The Morgan fingerprint density at radius 3 is 2.76 bits per heavy atom. The van der Waals surface area contributed by atoms with E-state index in [1.54, 1.807) is 10.9 Å². The van der Waals surface area contributed by atoms with Gasteiger partial charge in [-0.05, 0) is 24.5 Å². The first-order valence-corrected chi connectivity index (χ1v) is 7.06. The van der Waals surface area contributed by atoms with Crippen LogP contribution >= 0.6 is 0 Å². The van der Waals surface area contributed by atoms with E-state index in [4.69, 9.17) is 0 Å². The summed E-state index contributed by atoms with van der Waals surface area (Å²) >= 11 is 0. The highest BCUT2D eigenvalue weighted by Gasteiger charge is 2.13. The molecule has 0 bridgehead atoms. The first-order valence-electron chi connectivity index (χ1n) is 7.06. The van der Waals surface area contributed by atoms with Gasteiger partial charge < -0.3 is 10.4 Å². The Bertz CT molecular complexity index is 619.